The van der Waals surface area contributed by atoms with Gasteiger partial charge in [-0.1, -0.05) is 24.3 Å². The third-order valence-electron chi connectivity index (χ3n) is 5.40. The van der Waals surface area contributed by atoms with Crippen LogP contribution in [0.5, 0.6) is 0 Å². The van der Waals surface area contributed by atoms with Crippen molar-refractivity contribution in [1.82, 2.24) is 0 Å². The Labute approximate surface area is 178 Å². The van der Waals surface area contributed by atoms with Crippen LogP contribution in [0.25, 0.3) is 11.1 Å². The summed E-state index contributed by atoms with van der Waals surface area (Å²) in [7, 11) is 4.12. The Kier molecular flexibility index (Phi) is 5.31. The molecule has 4 heteroatoms. The molecule has 0 saturated heterocycles. The summed E-state index contributed by atoms with van der Waals surface area (Å²) in [5, 5.41) is 0. The molecule has 0 heterocycles. The largest absolute Gasteiger partial charge is 0.399 e. The van der Waals surface area contributed by atoms with Crippen molar-refractivity contribution < 1.29 is 0 Å². The molecule has 4 nitrogen and oxygen atoms in total. The summed E-state index contributed by atoms with van der Waals surface area (Å²) in [5.74, 6) is 0. The monoisotopic (exact) mass is 394 g/mol. The van der Waals surface area contributed by atoms with E-state index in [0.29, 0.717) is 0 Å². The normalized spacial score (nSPS) is 10.6. The van der Waals surface area contributed by atoms with Gasteiger partial charge in [0.2, 0.25) is 0 Å². The number of rotatable bonds is 5. The third kappa shape index (κ3) is 4.08. The molecule has 0 bridgehead atoms. The maximum absolute atomic E-state index is 5.79. The van der Waals surface area contributed by atoms with Crippen LogP contribution in [0, 0.1) is 0 Å². The molecule has 30 heavy (non-hydrogen) atoms. The smallest absolute Gasteiger partial charge is 0.0409 e. The maximum atomic E-state index is 5.79. The summed E-state index contributed by atoms with van der Waals surface area (Å²) in [6, 6.07) is 33.0. The van der Waals surface area contributed by atoms with Gasteiger partial charge in [0.15, 0.2) is 0 Å². The van der Waals surface area contributed by atoms with Gasteiger partial charge in [0.05, 0.1) is 0 Å². The highest BCUT2D eigenvalue weighted by atomic mass is 15.1. The summed E-state index contributed by atoms with van der Waals surface area (Å²) in [4.78, 5) is 4.29. The van der Waals surface area contributed by atoms with E-state index in [-0.39, 0.29) is 0 Å². The lowest BCUT2D eigenvalue weighted by molar-refractivity contribution is 1.21. The minimum atomic E-state index is 0.771. The van der Waals surface area contributed by atoms with Crippen molar-refractivity contribution in [2.24, 2.45) is 0 Å². The van der Waals surface area contributed by atoms with Gasteiger partial charge in [-0.25, -0.2) is 0 Å². The third-order valence-corrected chi connectivity index (χ3v) is 5.40. The lowest BCUT2D eigenvalue weighted by atomic mass is 10.0. The highest BCUT2D eigenvalue weighted by Gasteiger charge is 2.07. The zero-order valence-corrected chi connectivity index (χ0v) is 17.3. The molecular formula is C26H26N4. The van der Waals surface area contributed by atoms with Crippen molar-refractivity contribution in [3.05, 3.63) is 97.1 Å². The summed E-state index contributed by atoms with van der Waals surface area (Å²) < 4.78 is 0. The second kappa shape index (κ2) is 8.21. The molecule has 4 aromatic carbocycles. The molecule has 0 unspecified atom stereocenters. The Morgan fingerprint density at radius 2 is 0.633 bits per heavy atom. The topological polar surface area (TPSA) is 58.5 Å². The van der Waals surface area contributed by atoms with E-state index in [2.05, 4.69) is 72.4 Å². The standard InChI is InChI=1S/C26H26N4/c1-29(25-15-7-21(27)8-16-25)23-11-3-19(4-12-23)20-5-13-24(14-6-20)30(2)26-17-9-22(28)10-18-26/h3-18H,27-28H2,1-2H3. The van der Waals surface area contributed by atoms with E-state index in [4.69, 9.17) is 11.5 Å². The summed E-state index contributed by atoms with van der Waals surface area (Å²) in [6.07, 6.45) is 0. The van der Waals surface area contributed by atoms with Crippen LogP contribution < -0.4 is 21.3 Å². The van der Waals surface area contributed by atoms with E-state index >= 15 is 0 Å². The number of nitrogens with two attached hydrogens (primary N) is 2. The van der Waals surface area contributed by atoms with Gasteiger partial charge < -0.3 is 21.3 Å². The fraction of sp³-hybridized carbons (Fsp3) is 0.0769. The van der Waals surface area contributed by atoms with E-state index in [9.17, 15) is 0 Å². The van der Waals surface area contributed by atoms with Crippen LogP contribution in [0.1, 0.15) is 0 Å². The van der Waals surface area contributed by atoms with Crippen molar-refractivity contribution in [2.45, 2.75) is 0 Å². The Morgan fingerprint density at radius 1 is 0.400 bits per heavy atom. The van der Waals surface area contributed by atoms with Crippen molar-refractivity contribution in [1.29, 1.82) is 0 Å². The molecule has 0 aromatic heterocycles. The van der Waals surface area contributed by atoms with E-state index in [0.717, 1.165) is 34.1 Å². The molecule has 0 aliphatic carbocycles. The lowest BCUT2D eigenvalue weighted by Gasteiger charge is -2.21. The fourth-order valence-electron chi connectivity index (χ4n) is 3.45. The van der Waals surface area contributed by atoms with Gasteiger partial charge in [-0.2, -0.15) is 0 Å². The average molecular weight is 395 g/mol. The van der Waals surface area contributed by atoms with Gasteiger partial charge in [0.25, 0.3) is 0 Å². The van der Waals surface area contributed by atoms with Crippen molar-refractivity contribution >= 4 is 34.1 Å². The van der Waals surface area contributed by atoms with Gasteiger partial charge in [-0.3, -0.25) is 0 Å². The van der Waals surface area contributed by atoms with Crippen LogP contribution >= 0.6 is 0 Å². The fourth-order valence-corrected chi connectivity index (χ4v) is 3.45. The summed E-state index contributed by atoms with van der Waals surface area (Å²) >= 11 is 0. The van der Waals surface area contributed by atoms with Crippen LogP contribution in [0.3, 0.4) is 0 Å². The predicted molar refractivity (Wildman–Crippen MR) is 130 cm³/mol. The zero-order valence-electron chi connectivity index (χ0n) is 17.3. The average Bonchev–Trinajstić information content (AvgIpc) is 2.79. The Balaban J connectivity index is 1.50. The zero-order chi connectivity index (χ0) is 21.1. The molecule has 0 fully saturated rings. The number of nitrogens with zero attached hydrogens (tertiary/aromatic N) is 2. The second-order valence-corrected chi connectivity index (χ2v) is 7.39. The Bertz CT molecular complexity index is 1010. The predicted octanol–water partition coefficient (Wildman–Crippen LogP) is 6.05. The summed E-state index contributed by atoms with van der Waals surface area (Å²) in [6.45, 7) is 0. The first-order valence-electron chi connectivity index (χ1n) is 9.90. The number of hydrogen-bond donors (Lipinski definition) is 2. The van der Waals surface area contributed by atoms with Gasteiger partial charge in [-0.15, -0.1) is 0 Å². The van der Waals surface area contributed by atoms with Gasteiger partial charge in [0.1, 0.15) is 0 Å². The van der Waals surface area contributed by atoms with Crippen molar-refractivity contribution in [3.8, 4) is 11.1 Å². The van der Waals surface area contributed by atoms with Gasteiger partial charge >= 0.3 is 0 Å². The van der Waals surface area contributed by atoms with E-state index in [1.807, 2.05) is 48.5 Å². The molecular weight excluding hydrogens is 368 g/mol. The minimum absolute atomic E-state index is 0.771. The molecule has 0 amide bonds. The van der Waals surface area contributed by atoms with Crippen molar-refractivity contribution in [3.63, 3.8) is 0 Å². The molecule has 0 saturated carbocycles. The Hall–Kier alpha value is -3.92. The van der Waals surface area contributed by atoms with Crippen LogP contribution in [-0.2, 0) is 0 Å². The number of hydrogen-bond acceptors (Lipinski definition) is 4. The first-order valence-corrected chi connectivity index (χ1v) is 9.90. The minimum Gasteiger partial charge on any atom is -0.399 e. The van der Waals surface area contributed by atoms with E-state index in [1.165, 1.54) is 11.1 Å². The number of benzene rings is 4. The van der Waals surface area contributed by atoms with Crippen LogP contribution in [0.4, 0.5) is 34.1 Å². The first kappa shape index (κ1) is 19.4. The van der Waals surface area contributed by atoms with Gasteiger partial charge in [0, 0.05) is 48.2 Å². The lowest BCUT2D eigenvalue weighted by Crippen LogP contribution is -2.09. The summed E-state index contributed by atoms with van der Waals surface area (Å²) in [5.41, 5.74) is 20.0. The Morgan fingerprint density at radius 3 is 0.900 bits per heavy atom. The van der Waals surface area contributed by atoms with Crippen LogP contribution in [0.15, 0.2) is 97.1 Å². The molecule has 0 aliphatic heterocycles. The molecule has 4 N–H and O–H groups in total. The quantitative estimate of drug-likeness (QED) is 0.404. The van der Waals surface area contributed by atoms with Crippen LogP contribution in [0.2, 0.25) is 0 Å². The molecule has 0 radical (unpaired) electrons. The molecule has 150 valence electrons. The van der Waals surface area contributed by atoms with Gasteiger partial charge in [-0.05, 0) is 83.9 Å². The molecule has 4 rings (SSSR count). The number of anilines is 6. The molecule has 0 aliphatic rings. The molecule has 0 atom stereocenters. The maximum Gasteiger partial charge on any atom is 0.0409 e. The molecule has 4 aromatic rings. The highest BCUT2D eigenvalue weighted by molar-refractivity contribution is 5.72. The van der Waals surface area contributed by atoms with Crippen molar-refractivity contribution in [2.75, 3.05) is 35.4 Å². The first-order chi connectivity index (χ1) is 14.5. The van der Waals surface area contributed by atoms with E-state index < -0.39 is 0 Å². The second-order valence-electron chi connectivity index (χ2n) is 7.39. The SMILES string of the molecule is CN(c1ccc(N)cc1)c1ccc(-c2ccc(N(C)c3ccc(N)cc3)cc2)cc1. The highest BCUT2D eigenvalue weighted by Crippen LogP contribution is 2.30. The van der Waals surface area contributed by atoms with E-state index in [1.54, 1.807) is 0 Å². The van der Waals surface area contributed by atoms with Crippen LogP contribution in [-0.4, -0.2) is 14.1 Å². The number of nitrogen functional groups attached to an aromatic ring is 2. The molecule has 0 spiro atoms.